The molecule has 0 radical (unpaired) electrons. The largest absolute Gasteiger partial charge is 0.444 e. The monoisotopic (exact) mass is 662 g/mol. The molecule has 3 aromatic rings. The molecule has 2 amide bonds. The average Bonchev–Trinajstić information content (AvgIpc) is 3.59. The fraction of sp³-hybridized carbons (Fsp3) is 0.514. The van der Waals surface area contributed by atoms with Gasteiger partial charge in [-0.15, -0.1) is 11.3 Å². The van der Waals surface area contributed by atoms with Gasteiger partial charge in [0.15, 0.2) is 5.78 Å². The van der Waals surface area contributed by atoms with Gasteiger partial charge in [0.25, 0.3) is 0 Å². The number of ketones is 1. The number of nitrogens with one attached hydrogen (secondary N) is 2. The number of thiazole rings is 1. The highest BCUT2D eigenvalue weighted by Crippen LogP contribution is 2.22. The van der Waals surface area contributed by atoms with Crippen molar-refractivity contribution in [2.45, 2.75) is 77.5 Å². The molecule has 0 spiro atoms. The summed E-state index contributed by atoms with van der Waals surface area (Å²) in [6.45, 7) is 7.97. The topological polar surface area (TPSA) is 110 Å². The van der Waals surface area contributed by atoms with Gasteiger partial charge in [0.05, 0.1) is 29.6 Å². The Morgan fingerprint density at radius 2 is 1.57 bits per heavy atom. The minimum Gasteiger partial charge on any atom is -0.444 e. The number of hydrogen-bond donors (Lipinski definition) is 2. The van der Waals surface area contributed by atoms with Crippen molar-refractivity contribution in [1.82, 2.24) is 20.5 Å². The molecule has 9 nitrogen and oxygen atoms in total. The minimum atomic E-state index is -0.540. The fourth-order valence-electron chi connectivity index (χ4n) is 5.94. The molecule has 1 fully saturated rings. The number of hydrogen-bond acceptors (Lipinski definition) is 8. The van der Waals surface area contributed by atoms with Crippen LogP contribution >= 0.6 is 11.3 Å². The molecule has 0 bridgehead atoms. The average molecular weight is 663 g/mol. The second-order valence-corrected chi connectivity index (χ2v) is 13.8. The van der Waals surface area contributed by atoms with Crippen molar-refractivity contribution in [3.8, 4) is 0 Å². The van der Waals surface area contributed by atoms with E-state index in [1.54, 1.807) is 11.7 Å². The quantitative estimate of drug-likeness (QED) is 0.166. The van der Waals surface area contributed by atoms with Crippen LogP contribution < -0.4 is 10.6 Å². The van der Waals surface area contributed by atoms with Crippen LogP contribution in [0, 0.1) is 11.8 Å². The predicted octanol–water partition coefficient (Wildman–Crippen LogP) is 5.83. The highest BCUT2D eigenvalue weighted by Gasteiger charge is 2.26. The van der Waals surface area contributed by atoms with Crippen molar-refractivity contribution in [3.05, 3.63) is 88.4 Å². The maximum absolute atomic E-state index is 14.0. The Kier molecular flexibility index (Phi) is 15.4. The van der Waals surface area contributed by atoms with E-state index in [-0.39, 0.29) is 36.2 Å². The molecule has 4 rings (SSSR count). The van der Waals surface area contributed by atoms with Gasteiger partial charge in [0.2, 0.25) is 5.91 Å². The van der Waals surface area contributed by atoms with Crippen LogP contribution in [0.25, 0.3) is 0 Å². The van der Waals surface area contributed by atoms with Crippen molar-refractivity contribution in [3.63, 3.8) is 0 Å². The summed E-state index contributed by atoms with van der Waals surface area (Å²) >= 11 is 1.44. The summed E-state index contributed by atoms with van der Waals surface area (Å²) in [5, 5.41) is 6.17. The van der Waals surface area contributed by atoms with E-state index in [1.165, 1.54) is 11.3 Å². The summed E-state index contributed by atoms with van der Waals surface area (Å²) < 4.78 is 11.0. The maximum Gasteiger partial charge on any atom is 0.407 e. The zero-order chi connectivity index (χ0) is 33.3. The summed E-state index contributed by atoms with van der Waals surface area (Å²) in [5.41, 5.74) is 3.99. The Morgan fingerprint density at radius 3 is 2.21 bits per heavy atom. The number of carbonyl (C=O) groups excluding carboxylic acids is 3. The van der Waals surface area contributed by atoms with Crippen LogP contribution in [-0.2, 0) is 38.5 Å². The van der Waals surface area contributed by atoms with Crippen molar-refractivity contribution in [2.24, 2.45) is 11.8 Å². The van der Waals surface area contributed by atoms with Crippen LogP contribution in [0.1, 0.15) is 62.0 Å². The number of nitrogens with zero attached hydrogens (tertiary/aromatic N) is 2. The molecule has 2 aromatic carbocycles. The Labute approximate surface area is 283 Å². The van der Waals surface area contributed by atoms with Crippen LogP contribution in [0.5, 0.6) is 0 Å². The molecular weight excluding hydrogens is 612 g/mol. The van der Waals surface area contributed by atoms with Gasteiger partial charge in [-0.3, -0.25) is 19.5 Å². The molecule has 0 saturated carbocycles. The first kappa shape index (κ1) is 36.2. The smallest absolute Gasteiger partial charge is 0.407 e. The molecule has 2 N–H and O–H groups in total. The van der Waals surface area contributed by atoms with Gasteiger partial charge in [0.1, 0.15) is 6.61 Å². The minimum absolute atomic E-state index is 0.0334. The molecule has 47 heavy (non-hydrogen) atoms. The number of alkyl carbamates (subject to hydrolysis) is 1. The van der Waals surface area contributed by atoms with E-state index in [9.17, 15) is 14.4 Å². The van der Waals surface area contributed by atoms with Crippen LogP contribution in [0.3, 0.4) is 0 Å². The van der Waals surface area contributed by atoms with Crippen molar-refractivity contribution < 1.29 is 23.9 Å². The maximum atomic E-state index is 14.0. The molecule has 2 heterocycles. The first-order valence-corrected chi connectivity index (χ1v) is 17.7. The highest BCUT2D eigenvalue weighted by atomic mass is 32.1. The van der Waals surface area contributed by atoms with Crippen molar-refractivity contribution >= 4 is 29.1 Å². The Balaban J connectivity index is 1.45. The number of rotatable bonds is 19. The fourth-order valence-corrected chi connectivity index (χ4v) is 6.45. The van der Waals surface area contributed by atoms with Gasteiger partial charge in [-0.2, -0.15) is 0 Å². The number of carbonyl (C=O) groups is 3. The zero-order valence-corrected chi connectivity index (χ0v) is 28.6. The molecular formula is C37H50N4O5S. The summed E-state index contributed by atoms with van der Waals surface area (Å²) in [6, 6.07) is 19.6. The number of amides is 2. The normalized spacial score (nSPS) is 15.5. The lowest BCUT2D eigenvalue weighted by Gasteiger charge is -2.29. The Hall–Kier alpha value is -3.60. The Morgan fingerprint density at radius 1 is 0.894 bits per heavy atom. The summed E-state index contributed by atoms with van der Waals surface area (Å²) in [4.78, 5) is 47.0. The van der Waals surface area contributed by atoms with Gasteiger partial charge in [-0.1, -0.05) is 74.5 Å². The van der Waals surface area contributed by atoms with Gasteiger partial charge < -0.3 is 20.1 Å². The molecule has 1 saturated heterocycles. The highest BCUT2D eigenvalue weighted by molar-refractivity contribution is 7.09. The molecule has 0 unspecified atom stereocenters. The molecule has 1 aliphatic rings. The Bertz CT molecular complexity index is 1330. The number of Topliss-reactive ketones (excluding diaryl/α,β-unsaturated/α-hetero) is 1. The van der Waals surface area contributed by atoms with E-state index in [0.29, 0.717) is 45.3 Å². The van der Waals surface area contributed by atoms with E-state index < -0.39 is 12.1 Å². The molecule has 1 aromatic heterocycles. The third-order valence-corrected chi connectivity index (χ3v) is 9.16. The first-order valence-electron chi connectivity index (χ1n) is 16.8. The van der Waals surface area contributed by atoms with E-state index in [2.05, 4.69) is 44.8 Å². The zero-order valence-electron chi connectivity index (χ0n) is 27.8. The standard InChI is InChI=1S/C37H50N4O5S/c1-28(2)21-36(43)40-34(15-16-41-17-19-45-20-18-41)35(42)24-31(22-29-9-5-3-6-10-29)13-14-32(23-30-11-7-4-8-12-30)39-37(44)46-26-33-25-38-27-47-33/h3-12,25,27-28,31-32,34H,13-24,26H2,1-2H3,(H,39,44)(H,40,43)/t31-,32-,34+/m1/s1. The van der Waals surface area contributed by atoms with Gasteiger partial charge in [-0.25, -0.2) is 4.79 Å². The molecule has 0 aliphatic carbocycles. The third-order valence-electron chi connectivity index (χ3n) is 8.41. The number of benzene rings is 2. The van der Waals surface area contributed by atoms with Crippen LogP contribution in [0.2, 0.25) is 0 Å². The van der Waals surface area contributed by atoms with Crippen LogP contribution in [-0.4, -0.2) is 72.6 Å². The van der Waals surface area contributed by atoms with E-state index >= 15 is 0 Å². The first-order chi connectivity index (χ1) is 22.8. The number of aromatic nitrogens is 1. The summed E-state index contributed by atoms with van der Waals surface area (Å²) in [7, 11) is 0. The predicted molar refractivity (Wildman–Crippen MR) is 185 cm³/mol. The molecule has 10 heteroatoms. The second-order valence-electron chi connectivity index (χ2n) is 12.8. The van der Waals surface area contributed by atoms with Gasteiger partial charge in [-0.05, 0) is 55.1 Å². The SMILES string of the molecule is CC(C)CC(=O)N[C@@H](CCN1CCOCC1)C(=O)C[C@H](CC[C@H](Cc1ccccc1)NC(=O)OCc1cncs1)Cc1ccccc1. The number of ether oxygens (including phenoxy) is 2. The van der Waals surface area contributed by atoms with Crippen molar-refractivity contribution in [1.29, 1.82) is 0 Å². The second kappa shape index (κ2) is 19.9. The molecule has 254 valence electrons. The lowest BCUT2D eigenvalue weighted by Crippen LogP contribution is -2.45. The van der Waals surface area contributed by atoms with E-state index in [4.69, 9.17) is 9.47 Å². The van der Waals surface area contributed by atoms with E-state index in [0.717, 1.165) is 48.5 Å². The van der Waals surface area contributed by atoms with Gasteiger partial charge in [0, 0.05) is 44.7 Å². The lowest BCUT2D eigenvalue weighted by atomic mass is 9.86. The summed E-state index contributed by atoms with van der Waals surface area (Å²) in [6.07, 6.45) is 5.32. The van der Waals surface area contributed by atoms with E-state index in [1.807, 2.05) is 50.2 Å². The van der Waals surface area contributed by atoms with Gasteiger partial charge >= 0.3 is 6.09 Å². The molecule has 1 aliphatic heterocycles. The van der Waals surface area contributed by atoms with Crippen molar-refractivity contribution in [2.75, 3.05) is 32.8 Å². The lowest BCUT2D eigenvalue weighted by molar-refractivity contribution is -0.129. The van der Waals surface area contributed by atoms with Crippen LogP contribution in [0.15, 0.2) is 72.4 Å². The third kappa shape index (κ3) is 14.0. The summed E-state index contributed by atoms with van der Waals surface area (Å²) in [5.74, 6) is 0.223. The van der Waals surface area contributed by atoms with Crippen LogP contribution in [0.4, 0.5) is 4.79 Å². The molecule has 3 atom stereocenters. The number of morpholine rings is 1.